The molecule has 1 aliphatic heterocycles. The smallest absolute Gasteiger partial charge is 0.270 e. The molecule has 1 aromatic heterocycles. The molecular formula is C28H40N6O3. The lowest BCUT2D eigenvalue weighted by Crippen LogP contribution is -2.47. The molecule has 0 radical (unpaired) electrons. The number of nitrogens with one attached hydrogen (secondary N) is 3. The largest absolute Gasteiger partial charge is 0.495 e. The van der Waals surface area contributed by atoms with Crippen LogP contribution in [0.3, 0.4) is 0 Å². The molecule has 3 N–H and O–H groups in total. The first-order valence-corrected chi connectivity index (χ1v) is 13.4. The third-order valence-corrected chi connectivity index (χ3v) is 9.29. The summed E-state index contributed by atoms with van der Waals surface area (Å²) in [4.78, 5) is 24.4. The predicted octanol–water partition coefficient (Wildman–Crippen LogP) is 3.92. The van der Waals surface area contributed by atoms with Crippen molar-refractivity contribution in [1.29, 1.82) is 0 Å². The number of hydrogen-bond donors (Lipinski definition) is 3. The van der Waals surface area contributed by atoms with Gasteiger partial charge in [-0.15, -0.1) is 0 Å². The van der Waals surface area contributed by atoms with E-state index in [1.807, 2.05) is 18.2 Å². The number of amides is 1. The van der Waals surface area contributed by atoms with Crippen LogP contribution in [-0.2, 0) is 4.74 Å². The summed E-state index contributed by atoms with van der Waals surface area (Å²) in [7, 11) is 1.67. The van der Waals surface area contributed by atoms with Crippen molar-refractivity contribution in [3.05, 3.63) is 36.2 Å². The maximum absolute atomic E-state index is 13.2. The van der Waals surface area contributed by atoms with E-state index in [9.17, 15) is 4.79 Å². The van der Waals surface area contributed by atoms with E-state index in [1.54, 1.807) is 19.4 Å². The molecule has 1 aromatic carbocycles. The summed E-state index contributed by atoms with van der Waals surface area (Å²) in [6.45, 7) is 12.3. The summed E-state index contributed by atoms with van der Waals surface area (Å²) in [5.41, 5.74) is 2.44. The quantitative estimate of drug-likeness (QED) is 0.469. The van der Waals surface area contributed by atoms with E-state index < -0.39 is 0 Å². The molecule has 0 spiro atoms. The minimum Gasteiger partial charge on any atom is -0.495 e. The molecule has 3 aliphatic rings. The Bertz CT molecular complexity index is 1120. The molecule has 9 nitrogen and oxygen atoms in total. The Morgan fingerprint density at radius 1 is 1.22 bits per heavy atom. The van der Waals surface area contributed by atoms with E-state index in [1.165, 1.54) is 6.42 Å². The van der Waals surface area contributed by atoms with Crippen molar-refractivity contribution in [3.8, 4) is 5.75 Å². The normalized spacial score (nSPS) is 26.6. The number of ether oxygens (including phenoxy) is 2. The van der Waals surface area contributed by atoms with Gasteiger partial charge in [-0.25, -0.2) is 9.97 Å². The van der Waals surface area contributed by atoms with E-state index in [0.717, 1.165) is 69.4 Å². The number of fused-ring (bicyclic) bond motifs is 2. The van der Waals surface area contributed by atoms with Gasteiger partial charge in [0.05, 0.1) is 26.0 Å². The minimum absolute atomic E-state index is 0.121. The molecule has 37 heavy (non-hydrogen) atoms. The van der Waals surface area contributed by atoms with Crippen LogP contribution in [0.25, 0.3) is 0 Å². The third-order valence-electron chi connectivity index (χ3n) is 9.29. The average molecular weight is 509 g/mol. The van der Waals surface area contributed by atoms with Crippen LogP contribution in [0.1, 0.15) is 50.5 Å². The van der Waals surface area contributed by atoms with Gasteiger partial charge in [-0.1, -0.05) is 20.8 Å². The highest BCUT2D eigenvalue weighted by Crippen LogP contribution is 2.65. The lowest BCUT2D eigenvalue weighted by atomic mass is 9.69. The first-order valence-electron chi connectivity index (χ1n) is 13.4. The maximum atomic E-state index is 13.2. The third kappa shape index (κ3) is 5.11. The van der Waals surface area contributed by atoms with Crippen LogP contribution in [0.5, 0.6) is 5.75 Å². The topological polar surface area (TPSA) is 101 Å². The Hall–Kier alpha value is -2.91. The average Bonchev–Trinajstić information content (AvgIpc) is 3.23. The second-order valence-electron chi connectivity index (χ2n) is 11.3. The van der Waals surface area contributed by atoms with Crippen LogP contribution < -0.4 is 20.7 Å². The molecule has 2 bridgehead atoms. The number of carbonyl (C=O) groups excluding carboxylic acids is 1. The second-order valence-corrected chi connectivity index (χ2v) is 11.3. The summed E-state index contributed by atoms with van der Waals surface area (Å²) >= 11 is 0. The van der Waals surface area contributed by atoms with Gasteiger partial charge < -0.3 is 25.4 Å². The monoisotopic (exact) mass is 508 g/mol. The zero-order valence-electron chi connectivity index (χ0n) is 22.5. The van der Waals surface area contributed by atoms with Crippen molar-refractivity contribution in [2.45, 2.75) is 46.1 Å². The van der Waals surface area contributed by atoms with Gasteiger partial charge >= 0.3 is 0 Å². The molecule has 3 unspecified atom stereocenters. The van der Waals surface area contributed by atoms with Crippen LogP contribution in [0.2, 0.25) is 0 Å². The fourth-order valence-corrected chi connectivity index (χ4v) is 6.43. The molecular weight excluding hydrogens is 468 g/mol. The van der Waals surface area contributed by atoms with Gasteiger partial charge in [0.1, 0.15) is 11.4 Å². The summed E-state index contributed by atoms with van der Waals surface area (Å²) in [6.07, 6.45) is 5.08. The molecule has 5 rings (SSSR count). The van der Waals surface area contributed by atoms with Crippen LogP contribution >= 0.6 is 0 Å². The van der Waals surface area contributed by atoms with E-state index in [-0.39, 0.29) is 22.8 Å². The highest BCUT2D eigenvalue weighted by atomic mass is 16.5. The highest BCUT2D eigenvalue weighted by molar-refractivity contribution is 5.92. The Labute approximate surface area is 219 Å². The van der Waals surface area contributed by atoms with E-state index in [2.05, 4.69) is 51.6 Å². The van der Waals surface area contributed by atoms with E-state index >= 15 is 0 Å². The second kappa shape index (κ2) is 10.5. The number of hydrogen-bond acceptors (Lipinski definition) is 8. The lowest BCUT2D eigenvalue weighted by Gasteiger charge is -2.39. The summed E-state index contributed by atoms with van der Waals surface area (Å²) in [5.74, 6) is 1.68. The molecule has 2 aromatic rings. The number of benzene rings is 1. The van der Waals surface area contributed by atoms with Crippen LogP contribution in [0.4, 0.5) is 17.3 Å². The standard InChI is InChI=1S/C28H40N6O3/c1-27(2)19-7-9-28(27,3)24(17-19)33-25(35)21-8-10-30-26(32-21)31-20-5-6-23(36-4)22(18-20)29-11-12-34-13-15-37-16-14-34/h5-6,8,10,18-19,24,29H,7,9,11-17H2,1-4H3,(H,33,35)(H,30,31,32). The van der Waals surface area contributed by atoms with Crippen molar-refractivity contribution in [1.82, 2.24) is 20.2 Å². The highest BCUT2D eigenvalue weighted by Gasteiger charge is 2.61. The first kappa shape index (κ1) is 25.7. The predicted molar refractivity (Wildman–Crippen MR) is 145 cm³/mol. The van der Waals surface area contributed by atoms with Crippen LogP contribution in [0.15, 0.2) is 30.5 Å². The molecule has 1 amide bonds. The van der Waals surface area contributed by atoms with E-state index in [4.69, 9.17) is 9.47 Å². The summed E-state index contributed by atoms with van der Waals surface area (Å²) in [5, 5.41) is 10.0. The van der Waals surface area contributed by atoms with Gasteiger partial charge in [-0.2, -0.15) is 0 Å². The van der Waals surface area contributed by atoms with Crippen molar-refractivity contribution >= 4 is 23.2 Å². The molecule has 200 valence electrons. The fourth-order valence-electron chi connectivity index (χ4n) is 6.43. The number of methoxy groups -OCH3 is 1. The Morgan fingerprint density at radius 3 is 2.73 bits per heavy atom. The molecule has 2 heterocycles. The van der Waals surface area contributed by atoms with Crippen LogP contribution in [-0.4, -0.2) is 73.3 Å². The maximum Gasteiger partial charge on any atom is 0.270 e. The van der Waals surface area contributed by atoms with Gasteiger partial charge in [-0.3, -0.25) is 9.69 Å². The number of morpholine rings is 1. The minimum atomic E-state index is -0.139. The first-order chi connectivity index (χ1) is 17.8. The number of aromatic nitrogens is 2. The van der Waals surface area contributed by atoms with Crippen molar-refractivity contribution in [2.24, 2.45) is 16.7 Å². The number of carbonyl (C=O) groups is 1. The molecule has 9 heteroatoms. The van der Waals surface area contributed by atoms with E-state index in [0.29, 0.717) is 17.6 Å². The summed E-state index contributed by atoms with van der Waals surface area (Å²) in [6, 6.07) is 7.65. The van der Waals surface area contributed by atoms with Crippen molar-refractivity contribution in [2.75, 3.05) is 57.1 Å². The van der Waals surface area contributed by atoms with Crippen molar-refractivity contribution < 1.29 is 14.3 Å². The van der Waals surface area contributed by atoms with Gasteiger partial charge in [0.25, 0.3) is 5.91 Å². The molecule has 2 aliphatic carbocycles. The van der Waals surface area contributed by atoms with Gasteiger partial charge in [-0.05, 0) is 60.3 Å². The van der Waals surface area contributed by atoms with Crippen molar-refractivity contribution in [3.63, 3.8) is 0 Å². The Balaban J connectivity index is 1.22. The number of anilines is 3. The zero-order valence-corrected chi connectivity index (χ0v) is 22.5. The van der Waals surface area contributed by atoms with Gasteiger partial charge in [0.2, 0.25) is 5.95 Å². The Morgan fingerprint density at radius 2 is 2.03 bits per heavy atom. The summed E-state index contributed by atoms with van der Waals surface area (Å²) < 4.78 is 11.0. The number of nitrogens with zero attached hydrogens (tertiary/aromatic N) is 3. The molecule has 2 saturated carbocycles. The SMILES string of the molecule is COc1ccc(Nc2nccc(C(=O)NC3CC4CCC3(C)C4(C)C)n2)cc1NCCN1CCOCC1. The number of rotatable bonds is 9. The Kier molecular flexibility index (Phi) is 7.27. The van der Waals surface area contributed by atoms with Gasteiger partial charge in [0, 0.05) is 44.1 Å². The zero-order chi connectivity index (χ0) is 26.0. The van der Waals surface area contributed by atoms with Crippen LogP contribution in [0, 0.1) is 16.7 Å². The molecule has 1 saturated heterocycles. The van der Waals surface area contributed by atoms with Gasteiger partial charge in [0.15, 0.2) is 0 Å². The fraction of sp³-hybridized carbons (Fsp3) is 0.607. The molecule has 3 fully saturated rings. The molecule has 3 atom stereocenters. The lowest BCUT2D eigenvalue weighted by molar-refractivity contribution is 0.0398.